The highest BCUT2D eigenvalue weighted by atomic mass is 32.2. The van der Waals surface area contributed by atoms with Crippen molar-refractivity contribution in [1.29, 1.82) is 0 Å². The molecule has 0 fully saturated rings. The van der Waals surface area contributed by atoms with Gasteiger partial charge in [0.15, 0.2) is 0 Å². The zero-order valence-corrected chi connectivity index (χ0v) is 19.1. The lowest BCUT2D eigenvalue weighted by Crippen LogP contribution is -2.21. The number of thioether (sulfide) groups is 1. The van der Waals surface area contributed by atoms with Gasteiger partial charge in [-0.1, -0.05) is 23.8 Å². The van der Waals surface area contributed by atoms with Crippen molar-refractivity contribution in [3.63, 3.8) is 0 Å². The molecule has 3 rings (SSSR count). The Morgan fingerprint density at radius 1 is 0.971 bits per heavy atom. The Balaban J connectivity index is 1.49. The zero-order chi connectivity index (χ0) is 24.5. The number of carboxylic acid groups (broad SMARTS) is 1. The van der Waals surface area contributed by atoms with Gasteiger partial charge in [-0.15, -0.1) is 11.8 Å². The van der Waals surface area contributed by atoms with E-state index in [4.69, 9.17) is 4.74 Å². The SMILES string of the molecule is Cc1ccc(C(=O)Nc2ccc(SC(CCOC(=O)Nc3cccc(F)c3)C(=O)O)cc2)cc1. The number of aryl methyl sites for hydroxylation is 1. The van der Waals surface area contributed by atoms with Crippen molar-refractivity contribution >= 4 is 41.1 Å². The van der Waals surface area contributed by atoms with Crippen molar-refractivity contribution in [2.24, 2.45) is 0 Å². The van der Waals surface area contributed by atoms with Gasteiger partial charge in [0.1, 0.15) is 11.1 Å². The first kappa shape index (κ1) is 24.8. The lowest BCUT2D eigenvalue weighted by atomic mass is 10.1. The number of amides is 2. The molecule has 34 heavy (non-hydrogen) atoms. The predicted molar refractivity (Wildman–Crippen MR) is 129 cm³/mol. The molecule has 3 aromatic rings. The predicted octanol–water partition coefficient (Wildman–Crippen LogP) is 5.57. The minimum absolute atomic E-state index is 0.0719. The summed E-state index contributed by atoms with van der Waals surface area (Å²) >= 11 is 1.11. The average Bonchev–Trinajstić information content (AvgIpc) is 2.80. The number of rotatable bonds is 9. The number of ether oxygens (including phenoxy) is 1. The van der Waals surface area contributed by atoms with Crippen molar-refractivity contribution in [1.82, 2.24) is 0 Å². The second kappa shape index (κ2) is 11.9. The third-order valence-electron chi connectivity index (χ3n) is 4.66. The second-order valence-corrected chi connectivity index (χ2v) is 8.63. The molecule has 2 amide bonds. The van der Waals surface area contributed by atoms with E-state index in [1.54, 1.807) is 36.4 Å². The van der Waals surface area contributed by atoms with Gasteiger partial charge in [0, 0.05) is 28.3 Å². The Morgan fingerprint density at radius 3 is 2.32 bits per heavy atom. The largest absolute Gasteiger partial charge is 0.480 e. The van der Waals surface area contributed by atoms with Crippen LogP contribution in [-0.2, 0) is 9.53 Å². The monoisotopic (exact) mass is 482 g/mol. The number of hydrogen-bond acceptors (Lipinski definition) is 5. The fourth-order valence-electron chi connectivity index (χ4n) is 2.90. The van der Waals surface area contributed by atoms with Gasteiger partial charge in [0.05, 0.1) is 6.61 Å². The van der Waals surface area contributed by atoms with Gasteiger partial charge in [0.25, 0.3) is 5.91 Å². The van der Waals surface area contributed by atoms with E-state index < -0.39 is 23.1 Å². The normalized spacial score (nSPS) is 11.4. The quantitative estimate of drug-likeness (QED) is 0.345. The summed E-state index contributed by atoms with van der Waals surface area (Å²) in [5.41, 5.74) is 2.42. The van der Waals surface area contributed by atoms with Crippen LogP contribution in [0.2, 0.25) is 0 Å². The van der Waals surface area contributed by atoms with Crippen LogP contribution in [0, 0.1) is 12.7 Å². The van der Waals surface area contributed by atoms with E-state index in [0.29, 0.717) is 16.1 Å². The summed E-state index contributed by atoms with van der Waals surface area (Å²) in [6.07, 6.45) is -0.726. The minimum Gasteiger partial charge on any atom is -0.480 e. The van der Waals surface area contributed by atoms with Crippen LogP contribution in [0.1, 0.15) is 22.3 Å². The molecule has 0 aromatic heterocycles. The van der Waals surface area contributed by atoms with E-state index in [1.165, 1.54) is 18.2 Å². The Labute approximate surface area is 200 Å². The molecule has 7 nitrogen and oxygen atoms in total. The number of nitrogens with one attached hydrogen (secondary N) is 2. The first-order valence-electron chi connectivity index (χ1n) is 10.4. The molecule has 1 unspecified atom stereocenters. The molecule has 176 valence electrons. The molecular weight excluding hydrogens is 459 g/mol. The van der Waals surface area contributed by atoms with E-state index in [1.807, 2.05) is 19.1 Å². The standard InChI is InChI=1S/C25H23FN2O5S/c1-16-5-7-17(8-6-16)23(29)27-19-9-11-21(12-10-19)34-22(24(30)31)13-14-33-25(32)28-20-4-2-3-18(26)15-20/h2-12,15,22H,13-14H2,1H3,(H,27,29)(H,28,32)(H,30,31). The van der Waals surface area contributed by atoms with Crippen molar-refractivity contribution in [2.75, 3.05) is 17.2 Å². The maximum Gasteiger partial charge on any atom is 0.411 e. The van der Waals surface area contributed by atoms with Gasteiger partial charge >= 0.3 is 12.1 Å². The summed E-state index contributed by atoms with van der Waals surface area (Å²) in [6.45, 7) is 1.81. The average molecular weight is 483 g/mol. The highest BCUT2D eigenvalue weighted by Crippen LogP contribution is 2.27. The second-order valence-electron chi connectivity index (χ2n) is 7.35. The molecule has 0 saturated heterocycles. The molecule has 0 saturated carbocycles. The molecule has 0 bridgehead atoms. The smallest absolute Gasteiger partial charge is 0.411 e. The van der Waals surface area contributed by atoms with E-state index in [9.17, 15) is 23.9 Å². The summed E-state index contributed by atoms with van der Waals surface area (Å²) in [4.78, 5) is 36.5. The molecular formula is C25H23FN2O5S. The molecule has 0 heterocycles. The van der Waals surface area contributed by atoms with E-state index in [-0.39, 0.29) is 24.6 Å². The summed E-state index contributed by atoms with van der Waals surface area (Å²) in [5, 5.41) is 13.8. The van der Waals surface area contributed by atoms with Crippen LogP contribution in [0.3, 0.4) is 0 Å². The first-order valence-corrected chi connectivity index (χ1v) is 11.2. The van der Waals surface area contributed by atoms with Crippen LogP contribution in [0.5, 0.6) is 0 Å². The topological polar surface area (TPSA) is 105 Å². The van der Waals surface area contributed by atoms with Crippen LogP contribution in [0.4, 0.5) is 20.6 Å². The van der Waals surface area contributed by atoms with Crippen molar-refractivity contribution in [2.45, 2.75) is 23.5 Å². The molecule has 0 spiro atoms. The number of carboxylic acids is 1. The van der Waals surface area contributed by atoms with Crippen LogP contribution >= 0.6 is 11.8 Å². The Kier molecular flexibility index (Phi) is 8.64. The van der Waals surface area contributed by atoms with Crippen molar-refractivity contribution in [3.05, 3.63) is 89.7 Å². The van der Waals surface area contributed by atoms with Gasteiger partial charge in [-0.2, -0.15) is 0 Å². The first-order chi connectivity index (χ1) is 16.3. The number of aliphatic carboxylic acids is 1. The molecule has 0 radical (unpaired) electrons. The van der Waals surface area contributed by atoms with E-state index in [0.717, 1.165) is 23.4 Å². The van der Waals surface area contributed by atoms with E-state index in [2.05, 4.69) is 10.6 Å². The van der Waals surface area contributed by atoms with Gasteiger partial charge in [0.2, 0.25) is 0 Å². The molecule has 0 aliphatic heterocycles. The van der Waals surface area contributed by atoms with Crippen LogP contribution in [0.25, 0.3) is 0 Å². The molecule has 9 heteroatoms. The third kappa shape index (κ3) is 7.63. The minimum atomic E-state index is -1.05. The molecule has 0 aliphatic rings. The fraction of sp³-hybridized carbons (Fsp3) is 0.160. The fourth-order valence-corrected chi connectivity index (χ4v) is 3.84. The lowest BCUT2D eigenvalue weighted by molar-refractivity contribution is -0.136. The maximum absolute atomic E-state index is 13.2. The van der Waals surface area contributed by atoms with Crippen LogP contribution in [-0.4, -0.2) is 34.9 Å². The van der Waals surface area contributed by atoms with Crippen molar-refractivity contribution < 1.29 is 28.6 Å². The number of benzene rings is 3. The molecule has 1 atom stereocenters. The van der Waals surface area contributed by atoms with Crippen LogP contribution < -0.4 is 10.6 Å². The highest BCUT2D eigenvalue weighted by Gasteiger charge is 2.20. The maximum atomic E-state index is 13.2. The number of carbonyl (C=O) groups is 3. The number of hydrogen-bond donors (Lipinski definition) is 3. The summed E-state index contributed by atoms with van der Waals surface area (Å²) in [6, 6.07) is 19.3. The lowest BCUT2D eigenvalue weighted by Gasteiger charge is -2.13. The summed E-state index contributed by atoms with van der Waals surface area (Å²) in [5.74, 6) is -1.78. The Hall–Kier alpha value is -3.85. The van der Waals surface area contributed by atoms with Gasteiger partial charge in [-0.05, 0) is 61.5 Å². The Morgan fingerprint density at radius 2 is 1.68 bits per heavy atom. The summed E-state index contributed by atoms with van der Waals surface area (Å²) in [7, 11) is 0. The van der Waals surface area contributed by atoms with Crippen LogP contribution in [0.15, 0.2) is 77.7 Å². The van der Waals surface area contributed by atoms with Gasteiger partial charge in [-0.25, -0.2) is 9.18 Å². The molecule has 0 aliphatic carbocycles. The highest BCUT2D eigenvalue weighted by molar-refractivity contribution is 8.00. The molecule has 3 N–H and O–H groups in total. The zero-order valence-electron chi connectivity index (χ0n) is 18.3. The van der Waals surface area contributed by atoms with Gasteiger partial charge in [-0.3, -0.25) is 14.9 Å². The molecule has 3 aromatic carbocycles. The van der Waals surface area contributed by atoms with E-state index >= 15 is 0 Å². The number of halogens is 1. The third-order valence-corrected chi connectivity index (χ3v) is 5.93. The number of carbonyl (C=O) groups excluding carboxylic acids is 2. The van der Waals surface area contributed by atoms with Crippen molar-refractivity contribution in [3.8, 4) is 0 Å². The number of anilines is 2. The summed E-state index contributed by atoms with van der Waals surface area (Å²) < 4.78 is 18.2. The van der Waals surface area contributed by atoms with Gasteiger partial charge < -0.3 is 15.2 Å². The Bertz CT molecular complexity index is 1150.